The predicted molar refractivity (Wildman–Crippen MR) is 89.9 cm³/mol. The number of hydrogen-bond acceptors (Lipinski definition) is 2. The highest BCUT2D eigenvalue weighted by molar-refractivity contribution is 6.31. The van der Waals surface area contributed by atoms with Crippen molar-refractivity contribution in [2.24, 2.45) is 0 Å². The number of hydrogen-bond donors (Lipinski definition) is 1. The number of nitrogens with one attached hydrogen (secondary N) is 1. The standard InChI is InChI=1S/C17H24ClN3/c1-17(2,3)21-8-6-20(7-9-21)12-13-11-19-16-5-4-14(18)10-15(13)16/h4-5,10-11,19H,6-9,12H2,1-3H3. The summed E-state index contributed by atoms with van der Waals surface area (Å²) in [6, 6.07) is 6.05. The van der Waals surface area contributed by atoms with E-state index in [-0.39, 0.29) is 5.54 Å². The zero-order chi connectivity index (χ0) is 15.0. The number of nitrogens with zero attached hydrogens (tertiary/aromatic N) is 2. The molecular formula is C17H24ClN3. The minimum Gasteiger partial charge on any atom is -0.361 e. The number of fused-ring (bicyclic) bond motifs is 1. The van der Waals surface area contributed by atoms with E-state index < -0.39 is 0 Å². The van der Waals surface area contributed by atoms with E-state index >= 15 is 0 Å². The molecule has 2 aromatic rings. The van der Waals surface area contributed by atoms with Crippen molar-refractivity contribution >= 4 is 22.5 Å². The summed E-state index contributed by atoms with van der Waals surface area (Å²) in [6.07, 6.45) is 2.12. The third-order valence-corrected chi connectivity index (χ3v) is 4.68. The van der Waals surface area contributed by atoms with Crippen LogP contribution in [0, 0.1) is 0 Å². The highest BCUT2D eigenvalue weighted by Crippen LogP contribution is 2.24. The Kier molecular flexibility index (Phi) is 4.00. The van der Waals surface area contributed by atoms with Crippen molar-refractivity contribution < 1.29 is 0 Å². The topological polar surface area (TPSA) is 22.3 Å². The second-order valence-electron chi connectivity index (χ2n) is 6.94. The second kappa shape index (κ2) is 5.64. The Morgan fingerprint density at radius 2 is 1.86 bits per heavy atom. The third kappa shape index (κ3) is 3.25. The maximum atomic E-state index is 6.13. The van der Waals surface area contributed by atoms with Crippen LogP contribution in [0.15, 0.2) is 24.4 Å². The summed E-state index contributed by atoms with van der Waals surface area (Å²) in [6.45, 7) is 12.4. The average Bonchev–Trinajstić information content (AvgIpc) is 2.81. The summed E-state index contributed by atoms with van der Waals surface area (Å²) in [4.78, 5) is 8.44. The maximum Gasteiger partial charge on any atom is 0.0458 e. The number of piperazine rings is 1. The van der Waals surface area contributed by atoms with Crippen LogP contribution in [0.25, 0.3) is 10.9 Å². The Labute approximate surface area is 131 Å². The molecule has 1 N–H and O–H groups in total. The van der Waals surface area contributed by atoms with E-state index in [0.717, 1.165) is 37.7 Å². The van der Waals surface area contributed by atoms with Crippen molar-refractivity contribution in [3.05, 3.63) is 35.0 Å². The number of rotatable bonds is 2. The van der Waals surface area contributed by atoms with Gasteiger partial charge in [0.2, 0.25) is 0 Å². The van der Waals surface area contributed by atoms with Crippen LogP contribution >= 0.6 is 11.6 Å². The smallest absolute Gasteiger partial charge is 0.0458 e. The molecule has 2 heterocycles. The lowest BCUT2D eigenvalue weighted by Crippen LogP contribution is -2.53. The van der Waals surface area contributed by atoms with Crippen molar-refractivity contribution in [1.29, 1.82) is 0 Å². The van der Waals surface area contributed by atoms with E-state index in [1.807, 2.05) is 6.07 Å². The Morgan fingerprint density at radius 1 is 1.14 bits per heavy atom. The van der Waals surface area contributed by atoms with Gasteiger partial charge in [0, 0.05) is 60.4 Å². The monoisotopic (exact) mass is 305 g/mol. The highest BCUT2D eigenvalue weighted by atomic mass is 35.5. The molecule has 0 saturated carbocycles. The summed E-state index contributed by atoms with van der Waals surface area (Å²) in [7, 11) is 0. The van der Waals surface area contributed by atoms with Crippen LogP contribution in [-0.4, -0.2) is 46.5 Å². The fourth-order valence-electron chi connectivity index (χ4n) is 3.10. The van der Waals surface area contributed by atoms with Crippen LogP contribution in [0.1, 0.15) is 26.3 Å². The lowest BCUT2D eigenvalue weighted by Gasteiger charge is -2.42. The molecule has 0 atom stereocenters. The fourth-order valence-corrected chi connectivity index (χ4v) is 3.27. The summed E-state index contributed by atoms with van der Waals surface area (Å²) >= 11 is 6.13. The van der Waals surface area contributed by atoms with E-state index in [0.29, 0.717) is 0 Å². The molecule has 3 nitrogen and oxygen atoms in total. The van der Waals surface area contributed by atoms with Crippen molar-refractivity contribution in [3.8, 4) is 0 Å². The van der Waals surface area contributed by atoms with Gasteiger partial charge in [-0.15, -0.1) is 0 Å². The first kappa shape index (κ1) is 14.9. The van der Waals surface area contributed by atoms with Crippen molar-refractivity contribution in [2.75, 3.05) is 26.2 Å². The van der Waals surface area contributed by atoms with Gasteiger partial charge in [-0.1, -0.05) is 11.6 Å². The van der Waals surface area contributed by atoms with Gasteiger partial charge in [0.15, 0.2) is 0 Å². The van der Waals surface area contributed by atoms with Gasteiger partial charge in [-0.2, -0.15) is 0 Å². The number of halogens is 1. The molecule has 1 aliphatic heterocycles. The number of H-pyrrole nitrogens is 1. The molecule has 1 aliphatic rings. The number of aromatic amines is 1. The molecule has 0 aliphatic carbocycles. The van der Waals surface area contributed by atoms with Gasteiger partial charge < -0.3 is 4.98 Å². The first-order valence-corrected chi connectivity index (χ1v) is 8.04. The van der Waals surface area contributed by atoms with E-state index in [4.69, 9.17) is 11.6 Å². The fraction of sp³-hybridized carbons (Fsp3) is 0.529. The van der Waals surface area contributed by atoms with Crippen LogP contribution in [-0.2, 0) is 6.54 Å². The second-order valence-corrected chi connectivity index (χ2v) is 7.37. The lowest BCUT2D eigenvalue weighted by molar-refractivity contribution is 0.0593. The Hall–Kier alpha value is -1.03. The number of benzene rings is 1. The Bertz CT molecular complexity index is 618. The minimum absolute atomic E-state index is 0.278. The quantitative estimate of drug-likeness (QED) is 0.913. The van der Waals surface area contributed by atoms with Crippen molar-refractivity contribution in [2.45, 2.75) is 32.9 Å². The molecular weight excluding hydrogens is 282 g/mol. The Morgan fingerprint density at radius 3 is 2.52 bits per heavy atom. The maximum absolute atomic E-state index is 6.13. The van der Waals surface area contributed by atoms with Gasteiger partial charge >= 0.3 is 0 Å². The minimum atomic E-state index is 0.278. The van der Waals surface area contributed by atoms with Crippen LogP contribution in [0.2, 0.25) is 5.02 Å². The van der Waals surface area contributed by atoms with Gasteiger partial charge in [0.25, 0.3) is 0 Å². The summed E-state index contributed by atoms with van der Waals surface area (Å²) in [5.74, 6) is 0. The molecule has 1 aromatic heterocycles. The zero-order valence-electron chi connectivity index (χ0n) is 13.1. The van der Waals surface area contributed by atoms with E-state index in [1.54, 1.807) is 0 Å². The van der Waals surface area contributed by atoms with Gasteiger partial charge in [0.1, 0.15) is 0 Å². The summed E-state index contributed by atoms with van der Waals surface area (Å²) in [5, 5.41) is 2.06. The number of aromatic nitrogens is 1. The lowest BCUT2D eigenvalue weighted by atomic mass is 10.0. The molecule has 4 heteroatoms. The van der Waals surface area contributed by atoms with Crippen LogP contribution in [0.5, 0.6) is 0 Å². The average molecular weight is 306 g/mol. The summed E-state index contributed by atoms with van der Waals surface area (Å²) < 4.78 is 0. The molecule has 3 rings (SSSR count). The van der Waals surface area contributed by atoms with Crippen molar-refractivity contribution in [3.63, 3.8) is 0 Å². The van der Waals surface area contributed by atoms with Crippen LogP contribution < -0.4 is 0 Å². The largest absolute Gasteiger partial charge is 0.361 e. The van der Waals surface area contributed by atoms with Gasteiger partial charge in [0.05, 0.1) is 0 Å². The zero-order valence-corrected chi connectivity index (χ0v) is 13.9. The van der Waals surface area contributed by atoms with E-state index in [9.17, 15) is 0 Å². The first-order chi connectivity index (χ1) is 9.93. The van der Waals surface area contributed by atoms with Gasteiger partial charge in [-0.3, -0.25) is 9.80 Å². The highest BCUT2D eigenvalue weighted by Gasteiger charge is 2.25. The van der Waals surface area contributed by atoms with E-state index in [1.165, 1.54) is 16.5 Å². The van der Waals surface area contributed by atoms with E-state index in [2.05, 4.69) is 53.9 Å². The van der Waals surface area contributed by atoms with Crippen LogP contribution in [0.3, 0.4) is 0 Å². The molecule has 0 bridgehead atoms. The van der Waals surface area contributed by atoms with Gasteiger partial charge in [-0.25, -0.2) is 0 Å². The molecule has 21 heavy (non-hydrogen) atoms. The molecule has 1 fully saturated rings. The Balaban J connectivity index is 1.68. The van der Waals surface area contributed by atoms with Gasteiger partial charge in [-0.05, 0) is 44.5 Å². The predicted octanol–water partition coefficient (Wildman–Crippen LogP) is 3.74. The first-order valence-electron chi connectivity index (χ1n) is 7.66. The van der Waals surface area contributed by atoms with Crippen LogP contribution in [0.4, 0.5) is 0 Å². The molecule has 1 saturated heterocycles. The molecule has 1 aromatic carbocycles. The molecule has 0 unspecified atom stereocenters. The normalized spacial score (nSPS) is 18.5. The molecule has 0 amide bonds. The molecule has 114 valence electrons. The molecule has 0 radical (unpaired) electrons. The molecule has 0 spiro atoms. The summed E-state index contributed by atoms with van der Waals surface area (Å²) in [5.41, 5.74) is 2.79. The van der Waals surface area contributed by atoms with Crippen molar-refractivity contribution in [1.82, 2.24) is 14.8 Å². The SMILES string of the molecule is CC(C)(C)N1CCN(Cc2c[nH]c3ccc(Cl)cc23)CC1. The third-order valence-electron chi connectivity index (χ3n) is 4.44.